The number of hydrogen-bond acceptors (Lipinski definition) is 3. The third kappa shape index (κ3) is 3.71. The number of nitrogens with zero attached hydrogens (tertiary/aromatic N) is 1. The van der Waals surface area contributed by atoms with Crippen LogP contribution in [0.25, 0.3) is 0 Å². The van der Waals surface area contributed by atoms with Gasteiger partial charge in [-0.25, -0.2) is 0 Å². The zero-order valence-corrected chi connectivity index (χ0v) is 12.8. The third-order valence-electron chi connectivity index (χ3n) is 5.42. The van der Waals surface area contributed by atoms with Gasteiger partial charge in [0.1, 0.15) is 0 Å². The largest absolute Gasteiger partial charge is 0.394 e. The highest BCUT2D eigenvalue weighted by Gasteiger charge is 2.41. The Kier molecular flexibility index (Phi) is 5.67. The van der Waals surface area contributed by atoms with E-state index in [9.17, 15) is 5.11 Å². The lowest BCUT2D eigenvalue weighted by molar-refractivity contribution is 0.111. The van der Waals surface area contributed by atoms with Crippen LogP contribution in [0, 0.1) is 11.8 Å². The zero-order valence-electron chi connectivity index (χ0n) is 12.8. The van der Waals surface area contributed by atoms with Crippen LogP contribution < -0.4 is 5.32 Å². The molecule has 0 aliphatic heterocycles. The minimum atomic E-state index is 0.0199. The van der Waals surface area contributed by atoms with Crippen LogP contribution in [-0.4, -0.2) is 48.8 Å². The molecule has 0 saturated heterocycles. The average Bonchev–Trinajstić information content (AvgIpc) is 2.75. The molecule has 0 aromatic carbocycles. The molecule has 19 heavy (non-hydrogen) atoms. The Labute approximate surface area is 118 Å². The van der Waals surface area contributed by atoms with Gasteiger partial charge in [0, 0.05) is 12.1 Å². The van der Waals surface area contributed by atoms with Gasteiger partial charge in [-0.1, -0.05) is 19.8 Å². The highest BCUT2D eigenvalue weighted by molar-refractivity contribution is 4.98. The highest BCUT2D eigenvalue weighted by atomic mass is 16.3. The van der Waals surface area contributed by atoms with E-state index in [1.165, 1.54) is 51.6 Å². The molecule has 0 aromatic rings. The number of hydrogen-bond donors (Lipinski definition) is 2. The molecule has 0 amide bonds. The lowest BCUT2D eigenvalue weighted by atomic mass is 9.84. The molecule has 2 unspecified atom stereocenters. The van der Waals surface area contributed by atoms with E-state index in [0.29, 0.717) is 12.5 Å². The molecule has 0 radical (unpaired) electrons. The van der Waals surface area contributed by atoms with Crippen molar-refractivity contribution in [2.75, 3.05) is 33.3 Å². The van der Waals surface area contributed by atoms with Gasteiger partial charge < -0.3 is 15.3 Å². The minimum absolute atomic E-state index is 0.0199. The monoisotopic (exact) mass is 268 g/mol. The summed E-state index contributed by atoms with van der Waals surface area (Å²) in [7, 11) is 2.27. The first-order chi connectivity index (χ1) is 9.20. The standard InChI is InChI=1S/C16H32N2O/c1-3-17-16(13-19)10-5-8-15(16)9-11-18(2)12-14-6-4-7-14/h14-15,17,19H,3-13H2,1-2H3. The van der Waals surface area contributed by atoms with Gasteiger partial charge in [-0.2, -0.15) is 0 Å². The average molecular weight is 268 g/mol. The number of nitrogens with one attached hydrogen (secondary N) is 1. The van der Waals surface area contributed by atoms with E-state index in [1.54, 1.807) is 0 Å². The quantitative estimate of drug-likeness (QED) is 0.709. The summed E-state index contributed by atoms with van der Waals surface area (Å²) in [6.07, 6.45) is 9.24. The van der Waals surface area contributed by atoms with Crippen molar-refractivity contribution < 1.29 is 5.11 Å². The van der Waals surface area contributed by atoms with Crippen molar-refractivity contribution in [2.45, 2.75) is 57.4 Å². The maximum absolute atomic E-state index is 9.80. The summed E-state index contributed by atoms with van der Waals surface area (Å²) >= 11 is 0. The molecule has 2 aliphatic carbocycles. The van der Waals surface area contributed by atoms with Gasteiger partial charge in [0.15, 0.2) is 0 Å². The summed E-state index contributed by atoms with van der Waals surface area (Å²) in [6.45, 7) is 5.89. The zero-order chi connectivity index (χ0) is 13.7. The van der Waals surface area contributed by atoms with Crippen LogP contribution >= 0.6 is 0 Å². The van der Waals surface area contributed by atoms with Gasteiger partial charge in [-0.15, -0.1) is 0 Å². The highest BCUT2D eigenvalue weighted by Crippen LogP contribution is 2.38. The second-order valence-electron chi connectivity index (χ2n) is 6.78. The molecule has 2 atom stereocenters. The molecule has 2 N–H and O–H groups in total. The summed E-state index contributed by atoms with van der Waals surface area (Å²) in [5, 5.41) is 13.4. The number of aliphatic hydroxyl groups is 1. The molecule has 0 bridgehead atoms. The van der Waals surface area contributed by atoms with Crippen molar-refractivity contribution >= 4 is 0 Å². The Balaban J connectivity index is 1.76. The van der Waals surface area contributed by atoms with Crippen LogP contribution in [0.4, 0.5) is 0 Å². The number of likely N-dealkylation sites (N-methyl/N-ethyl adjacent to an activating group) is 1. The fraction of sp³-hybridized carbons (Fsp3) is 1.00. The van der Waals surface area contributed by atoms with E-state index in [1.807, 2.05) is 0 Å². The van der Waals surface area contributed by atoms with Gasteiger partial charge in [-0.05, 0) is 64.1 Å². The second kappa shape index (κ2) is 7.05. The fourth-order valence-electron chi connectivity index (χ4n) is 4.00. The van der Waals surface area contributed by atoms with E-state index < -0.39 is 0 Å². The summed E-state index contributed by atoms with van der Waals surface area (Å²) in [5.41, 5.74) is 0.0199. The van der Waals surface area contributed by atoms with Crippen molar-refractivity contribution in [1.29, 1.82) is 0 Å². The summed E-state index contributed by atoms with van der Waals surface area (Å²) < 4.78 is 0. The number of aliphatic hydroxyl groups excluding tert-OH is 1. The molecule has 2 aliphatic rings. The topological polar surface area (TPSA) is 35.5 Å². The van der Waals surface area contributed by atoms with Gasteiger partial charge in [0.05, 0.1) is 6.61 Å². The first kappa shape index (κ1) is 15.3. The predicted octanol–water partition coefficient (Wildman–Crippen LogP) is 2.25. The Morgan fingerprint density at radius 3 is 2.63 bits per heavy atom. The molecule has 112 valence electrons. The lowest BCUT2D eigenvalue weighted by Crippen LogP contribution is -2.52. The first-order valence-corrected chi connectivity index (χ1v) is 8.24. The normalized spacial score (nSPS) is 31.9. The molecular weight excluding hydrogens is 236 g/mol. The maximum Gasteiger partial charge on any atom is 0.0616 e. The molecule has 2 fully saturated rings. The van der Waals surface area contributed by atoms with E-state index in [-0.39, 0.29) is 5.54 Å². The molecule has 3 heteroatoms. The van der Waals surface area contributed by atoms with Crippen molar-refractivity contribution in [3.8, 4) is 0 Å². The SMILES string of the molecule is CCNC1(CO)CCCC1CCN(C)CC1CCC1. The maximum atomic E-state index is 9.80. The molecule has 2 rings (SSSR count). The Hall–Kier alpha value is -0.120. The van der Waals surface area contributed by atoms with Crippen LogP contribution in [-0.2, 0) is 0 Å². The summed E-state index contributed by atoms with van der Waals surface area (Å²) in [4.78, 5) is 2.51. The fourth-order valence-corrected chi connectivity index (χ4v) is 4.00. The molecule has 0 aromatic heterocycles. The Morgan fingerprint density at radius 1 is 1.26 bits per heavy atom. The van der Waals surface area contributed by atoms with Crippen LogP contribution in [0.2, 0.25) is 0 Å². The minimum Gasteiger partial charge on any atom is -0.394 e. The van der Waals surface area contributed by atoms with Crippen LogP contribution in [0.15, 0.2) is 0 Å². The van der Waals surface area contributed by atoms with Crippen molar-refractivity contribution in [2.24, 2.45) is 11.8 Å². The van der Waals surface area contributed by atoms with Gasteiger partial charge in [-0.3, -0.25) is 0 Å². The summed E-state index contributed by atoms with van der Waals surface area (Å²) in [6, 6.07) is 0. The Bertz CT molecular complexity index is 267. The molecule has 3 nitrogen and oxygen atoms in total. The van der Waals surface area contributed by atoms with E-state index in [0.717, 1.165) is 18.9 Å². The Morgan fingerprint density at radius 2 is 2.05 bits per heavy atom. The first-order valence-electron chi connectivity index (χ1n) is 8.24. The third-order valence-corrected chi connectivity index (χ3v) is 5.42. The van der Waals surface area contributed by atoms with Crippen LogP contribution in [0.5, 0.6) is 0 Å². The van der Waals surface area contributed by atoms with Crippen molar-refractivity contribution in [3.05, 3.63) is 0 Å². The van der Waals surface area contributed by atoms with Gasteiger partial charge in [0.25, 0.3) is 0 Å². The van der Waals surface area contributed by atoms with Crippen LogP contribution in [0.3, 0.4) is 0 Å². The van der Waals surface area contributed by atoms with Crippen LogP contribution in [0.1, 0.15) is 51.9 Å². The van der Waals surface area contributed by atoms with E-state index >= 15 is 0 Å². The second-order valence-corrected chi connectivity index (χ2v) is 6.78. The molecular formula is C16H32N2O. The van der Waals surface area contributed by atoms with E-state index in [2.05, 4.69) is 24.2 Å². The predicted molar refractivity (Wildman–Crippen MR) is 80.3 cm³/mol. The van der Waals surface area contributed by atoms with Gasteiger partial charge in [0.2, 0.25) is 0 Å². The van der Waals surface area contributed by atoms with E-state index in [4.69, 9.17) is 0 Å². The van der Waals surface area contributed by atoms with Crippen molar-refractivity contribution in [3.63, 3.8) is 0 Å². The smallest absolute Gasteiger partial charge is 0.0616 e. The summed E-state index contributed by atoms with van der Waals surface area (Å²) in [5.74, 6) is 1.62. The molecule has 2 saturated carbocycles. The molecule has 0 heterocycles. The molecule has 0 spiro atoms. The van der Waals surface area contributed by atoms with Gasteiger partial charge >= 0.3 is 0 Å². The van der Waals surface area contributed by atoms with Crippen molar-refractivity contribution in [1.82, 2.24) is 10.2 Å². The number of rotatable bonds is 8. The lowest BCUT2D eigenvalue weighted by Gasteiger charge is -2.36.